The Morgan fingerprint density at radius 2 is 1.91 bits per heavy atom. The van der Waals surface area contributed by atoms with Gasteiger partial charge in [0.05, 0.1) is 0 Å². The van der Waals surface area contributed by atoms with Crippen molar-refractivity contribution in [2.24, 2.45) is 5.92 Å². The van der Waals surface area contributed by atoms with Crippen LogP contribution in [0.1, 0.15) is 26.7 Å². The van der Waals surface area contributed by atoms with Crippen molar-refractivity contribution < 1.29 is 0 Å². The lowest BCUT2D eigenvalue weighted by atomic mass is 10.1. The Kier molecular flexibility index (Phi) is 5.45. The van der Waals surface area contributed by atoms with Crippen molar-refractivity contribution >= 4 is 18.5 Å². The Bertz CT molecular complexity index is 94.2. The highest BCUT2D eigenvalue weighted by atomic mass is 35.6. The van der Waals surface area contributed by atoms with Gasteiger partial charge in [-0.15, -0.1) is 0 Å². The molecular formula is C9H20ClSi. The van der Waals surface area contributed by atoms with Gasteiger partial charge in [0.25, 0.3) is 0 Å². The summed E-state index contributed by atoms with van der Waals surface area (Å²) in [6.07, 6.45) is 4.82. The topological polar surface area (TPSA) is 0 Å². The summed E-state index contributed by atoms with van der Waals surface area (Å²) < 4.78 is 0. The third kappa shape index (κ3) is 10.5. The first kappa shape index (κ1) is 11.5. The lowest BCUT2D eigenvalue weighted by Gasteiger charge is -2.12. The fraction of sp³-hybridized carbons (Fsp3) is 0.889. The number of unbranched alkanes of at least 4 members (excludes halogenated alkanes) is 1. The molecule has 0 unspecified atom stereocenters. The largest absolute Gasteiger partial charge is 0.168 e. The SMILES string of the molecule is CC(C)C[CH]CC[Si](C)(C)Cl. The van der Waals surface area contributed by atoms with E-state index in [9.17, 15) is 0 Å². The molecule has 0 saturated carbocycles. The summed E-state index contributed by atoms with van der Waals surface area (Å²) in [7, 11) is -1.29. The summed E-state index contributed by atoms with van der Waals surface area (Å²) in [5.74, 6) is 0.801. The number of hydrogen-bond acceptors (Lipinski definition) is 0. The fourth-order valence-electron chi connectivity index (χ4n) is 0.896. The fourth-order valence-corrected chi connectivity index (χ4v) is 2.11. The summed E-state index contributed by atoms with van der Waals surface area (Å²) in [5, 5.41) is 0. The van der Waals surface area contributed by atoms with E-state index >= 15 is 0 Å². The maximum atomic E-state index is 6.17. The van der Waals surface area contributed by atoms with Crippen LogP contribution >= 0.6 is 11.1 Å². The molecule has 0 aromatic carbocycles. The van der Waals surface area contributed by atoms with Crippen LogP contribution in [-0.2, 0) is 0 Å². The first-order chi connectivity index (χ1) is 4.92. The average molecular weight is 192 g/mol. The third-order valence-electron chi connectivity index (χ3n) is 1.58. The predicted molar refractivity (Wildman–Crippen MR) is 56.5 cm³/mol. The number of rotatable bonds is 5. The highest BCUT2D eigenvalue weighted by molar-refractivity contribution is 7.19. The molecule has 67 valence electrons. The van der Waals surface area contributed by atoms with Crippen LogP contribution in [0.4, 0.5) is 0 Å². The number of halogens is 1. The molecule has 0 spiro atoms. The molecule has 0 aliphatic carbocycles. The highest BCUT2D eigenvalue weighted by Gasteiger charge is 2.15. The van der Waals surface area contributed by atoms with Crippen molar-refractivity contribution in [2.75, 3.05) is 0 Å². The van der Waals surface area contributed by atoms with E-state index in [-0.39, 0.29) is 0 Å². The Balaban J connectivity index is 3.15. The predicted octanol–water partition coefficient (Wildman–Crippen LogP) is 4.07. The summed E-state index contributed by atoms with van der Waals surface area (Å²) in [6.45, 7) is 8.91. The summed E-state index contributed by atoms with van der Waals surface area (Å²) >= 11 is 6.17. The first-order valence-electron chi connectivity index (χ1n) is 4.42. The zero-order chi connectivity index (χ0) is 8.91. The van der Waals surface area contributed by atoms with Gasteiger partial charge in [0, 0.05) is 0 Å². The molecule has 0 saturated heterocycles. The quantitative estimate of drug-likeness (QED) is 0.349. The smallest absolute Gasteiger partial charge is 0.150 e. The summed E-state index contributed by atoms with van der Waals surface area (Å²) in [5.41, 5.74) is 0. The molecule has 0 N–H and O–H groups in total. The van der Waals surface area contributed by atoms with Crippen LogP contribution in [0.3, 0.4) is 0 Å². The Labute approximate surface area is 77.0 Å². The normalized spacial score (nSPS) is 12.5. The lowest BCUT2D eigenvalue weighted by Crippen LogP contribution is -2.15. The van der Waals surface area contributed by atoms with Gasteiger partial charge in [-0.3, -0.25) is 0 Å². The van der Waals surface area contributed by atoms with Crippen LogP contribution < -0.4 is 0 Å². The standard InChI is InChI=1S/C9H20ClSi/c1-9(2)7-5-6-8-11(3,4)10/h5,9H,6-8H2,1-4H3. The van der Waals surface area contributed by atoms with E-state index in [2.05, 4.69) is 33.4 Å². The Hall–Kier alpha value is 0.507. The van der Waals surface area contributed by atoms with Crippen molar-refractivity contribution in [3.63, 3.8) is 0 Å². The van der Waals surface area contributed by atoms with Gasteiger partial charge >= 0.3 is 0 Å². The molecule has 0 atom stereocenters. The minimum Gasteiger partial charge on any atom is -0.168 e. The molecule has 0 aliphatic rings. The monoisotopic (exact) mass is 191 g/mol. The van der Waals surface area contributed by atoms with Crippen molar-refractivity contribution in [1.29, 1.82) is 0 Å². The zero-order valence-corrected chi connectivity index (χ0v) is 9.91. The second-order valence-electron chi connectivity index (χ2n) is 4.18. The number of hydrogen-bond donors (Lipinski definition) is 0. The molecule has 0 nitrogen and oxygen atoms in total. The second-order valence-corrected chi connectivity index (χ2v) is 11.2. The minimum absolute atomic E-state index is 0.801. The van der Waals surface area contributed by atoms with Crippen LogP contribution in [0.2, 0.25) is 19.1 Å². The van der Waals surface area contributed by atoms with Gasteiger partial charge in [0.2, 0.25) is 0 Å². The molecule has 0 bridgehead atoms. The lowest BCUT2D eigenvalue weighted by molar-refractivity contribution is 0.625. The van der Waals surface area contributed by atoms with Gasteiger partial charge < -0.3 is 0 Å². The van der Waals surface area contributed by atoms with Crippen LogP contribution in [0.25, 0.3) is 0 Å². The molecule has 0 rings (SSSR count). The minimum atomic E-state index is -1.29. The van der Waals surface area contributed by atoms with E-state index in [1.807, 2.05) is 0 Å². The summed E-state index contributed by atoms with van der Waals surface area (Å²) in [4.78, 5) is 0. The van der Waals surface area contributed by atoms with E-state index in [0.29, 0.717) is 0 Å². The molecule has 0 aromatic rings. The Morgan fingerprint density at radius 1 is 1.36 bits per heavy atom. The van der Waals surface area contributed by atoms with Gasteiger partial charge in [-0.25, -0.2) is 0 Å². The molecule has 0 amide bonds. The van der Waals surface area contributed by atoms with E-state index in [1.54, 1.807) is 0 Å². The van der Waals surface area contributed by atoms with E-state index < -0.39 is 7.38 Å². The molecule has 0 heterocycles. The maximum Gasteiger partial charge on any atom is 0.150 e. The van der Waals surface area contributed by atoms with Crippen molar-refractivity contribution in [3.8, 4) is 0 Å². The van der Waals surface area contributed by atoms with Crippen LogP contribution in [0, 0.1) is 12.3 Å². The van der Waals surface area contributed by atoms with Crippen LogP contribution in [-0.4, -0.2) is 7.38 Å². The zero-order valence-electron chi connectivity index (χ0n) is 8.15. The molecule has 0 aliphatic heterocycles. The van der Waals surface area contributed by atoms with Crippen molar-refractivity contribution in [2.45, 2.75) is 45.8 Å². The molecule has 11 heavy (non-hydrogen) atoms. The average Bonchev–Trinajstić information content (AvgIpc) is 1.78. The van der Waals surface area contributed by atoms with E-state index in [4.69, 9.17) is 11.1 Å². The molecule has 1 radical (unpaired) electrons. The van der Waals surface area contributed by atoms with Gasteiger partial charge in [0.1, 0.15) is 0 Å². The van der Waals surface area contributed by atoms with Crippen molar-refractivity contribution in [1.82, 2.24) is 0 Å². The first-order valence-corrected chi connectivity index (χ1v) is 8.64. The Morgan fingerprint density at radius 3 is 2.27 bits per heavy atom. The molecule has 2 heteroatoms. The third-order valence-corrected chi connectivity index (χ3v) is 3.63. The maximum absolute atomic E-state index is 6.17. The summed E-state index contributed by atoms with van der Waals surface area (Å²) in [6, 6.07) is 1.22. The van der Waals surface area contributed by atoms with Gasteiger partial charge in [0.15, 0.2) is 7.38 Å². The van der Waals surface area contributed by atoms with E-state index in [0.717, 1.165) is 5.92 Å². The molecule has 0 fully saturated rings. The van der Waals surface area contributed by atoms with Gasteiger partial charge in [-0.05, 0) is 24.8 Å². The van der Waals surface area contributed by atoms with Gasteiger partial charge in [-0.1, -0.05) is 33.4 Å². The van der Waals surface area contributed by atoms with Gasteiger partial charge in [-0.2, -0.15) is 11.1 Å². The molecule has 0 aromatic heterocycles. The van der Waals surface area contributed by atoms with Crippen molar-refractivity contribution in [3.05, 3.63) is 6.42 Å². The van der Waals surface area contributed by atoms with Crippen LogP contribution in [0.5, 0.6) is 0 Å². The highest BCUT2D eigenvalue weighted by Crippen LogP contribution is 2.18. The van der Waals surface area contributed by atoms with Crippen LogP contribution in [0.15, 0.2) is 0 Å². The van der Waals surface area contributed by atoms with E-state index in [1.165, 1.54) is 18.9 Å². The molecular weight excluding hydrogens is 172 g/mol. The second kappa shape index (κ2) is 5.21.